The fraction of sp³-hybridized carbons (Fsp3) is 0.551. The van der Waals surface area contributed by atoms with E-state index in [9.17, 15) is 0 Å². The molecule has 0 aromatic heterocycles. The fourth-order valence-corrected chi connectivity index (χ4v) is 14.1. The predicted octanol–water partition coefficient (Wildman–Crippen LogP) is 2.89. The number of halogens is 3. The van der Waals surface area contributed by atoms with Gasteiger partial charge in [0.2, 0.25) is 0 Å². The van der Waals surface area contributed by atoms with E-state index < -0.39 is 8.07 Å². The Kier molecular flexibility index (Phi) is 15.7. The topological polar surface area (TPSA) is 0 Å². The van der Waals surface area contributed by atoms with Crippen molar-refractivity contribution in [3.05, 3.63) is 109 Å². The molecular weight excluding hydrogens is 771 g/mol. The summed E-state index contributed by atoms with van der Waals surface area (Å²) in [6.07, 6.45) is 2.56. The molecule has 0 saturated carbocycles. The van der Waals surface area contributed by atoms with Gasteiger partial charge in [0.15, 0.2) is 0 Å². The molecule has 0 saturated heterocycles. The standard InChI is InChI=1S/C49H71Si.3ClH.Ti/c1-32-21-22-33(2)43(32)50(40-26-34(44(3,4)5)23-35(27-40)45(6,7)8,41-28-36(46(9,10)11)24-37(29-41)47(12,13)14)42-30-38(48(15,16)17)25-39(31-42)49(18,19)20;;;;/h21,23-32H,1-20H3;3*1H;/q;;;;+3/p-3. The van der Waals surface area contributed by atoms with Crippen LogP contribution in [0.15, 0.2) is 75.3 Å². The van der Waals surface area contributed by atoms with Gasteiger partial charge in [0.05, 0.1) is 0 Å². The third-order valence-corrected chi connectivity index (χ3v) is 17.3. The maximum atomic E-state index is 2.66. The molecular formula is C49H71Cl3SiTi. The molecule has 1 aliphatic rings. The van der Waals surface area contributed by atoms with Crippen LogP contribution < -0.4 is 52.8 Å². The summed E-state index contributed by atoms with van der Waals surface area (Å²) in [5, 5.41) is 6.24. The first-order valence-electron chi connectivity index (χ1n) is 19.4. The predicted molar refractivity (Wildman–Crippen MR) is 226 cm³/mol. The summed E-state index contributed by atoms with van der Waals surface area (Å²) in [7, 11) is -2.99. The summed E-state index contributed by atoms with van der Waals surface area (Å²) in [6, 6.07) is 23.5. The van der Waals surface area contributed by atoms with E-state index in [2.05, 4.69) is 220 Å². The van der Waals surface area contributed by atoms with Crippen LogP contribution in [0, 0.1) is 5.92 Å². The van der Waals surface area contributed by atoms with Crippen LogP contribution >= 0.6 is 0 Å². The second-order valence-electron chi connectivity index (χ2n) is 22.1. The Bertz CT molecular complexity index is 1590. The molecule has 0 bridgehead atoms. The van der Waals surface area contributed by atoms with Crippen LogP contribution in [0.25, 0.3) is 0 Å². The molecule has 0 nitrogen and oxygen atoms in total. The van der Waals surface area contributed by atoms with E-state index in [1.54, 1.807) is 5.20 Å². The van der Waals surface area contributed by atoms with Crippen LogP contribution in [0.1, 0.15) is 172 Å². The van der Waals surface area contributed by atoms with Crippen molar-refractivity contribution >= 4 is 23.6 Å². The van der Waals surface area contributed by atoms with Crippen LogP contribution in [0.4, 0.5) is 0 Å². The van der Waals surface area contributed by atoms with Crippen molar-refractivity contribution in [1.82, 2.24) is 0 Å². The Morgan fingerprint density at radius 3 is 0.759 bits per heavy atom. The fourth-order valence-electron chi connectivity index (χ4n) is 7.66. The smallest absolute Gasteiger partial charge is 1.00 e. The second kappa shape index (κ2) is 16.7. The van der Waals surface area contributed by atoms with Crippen molar-refractivity contribution in [1.29, 1.82) is 0 Å². The summed E-state index contributed by atoms with van der Waals surface area (Å²) < 4.78 is 1.43. The third kappa shape index (κ3) is 10.3. The van der Waals surface area contributed by atoms with Gasteiger partial charge in [0, 0.05) is 0 Å². The molecule has 0 aliphatic heterocycles. The summed E-state index contributed by atoms with van der Waals surface area (Å²) in [5.74, 6) is 0.334. The van der Waals surface area contributed by atoms with Crippen LogP contribution in [-0.4, -0.2) is 8.07 Å². The molecule has 54 heavy (non-hydrogen) atoms. The molecule has 3 aromatic carbocycles. The average Bonchev–Trinajstić information content (AvgIpc) is 3.21. The van der Waals surface area contributed by atoms with Crippen molar-refractivity contribution in [3.63, 3.8) is 0 Å². The maximum Gasteiger partial charge on any atom is -1.00 e. The molecule has 3 aromatic rings. The monoisotopic (exact) mass is 840 g/mol. The van der Waals surface area contributed by atoms with Crippen molar-refractivity contribution in [2.45, 2.75) is 171 Å². The Hall–Kier alpha value is -1.06. The molecule has 0 radical (unpaired) electrons. The van der Waals surface area contributed by atoms with Gasteiger partial charge in [0.1, 0.15) is 0 Å². The molecule has 1 unspecified atom stereocenters. The third-order valence-electron chi connectivity index (χ3n) is 11.4. The molecule has 0 N–H and O–H groups in total. The quantitative estimate of drug-likeness (QED) is 0.281. The molecule has 0 amide bonds. The zero-order valence-electron chi connectivity index (χ0n) is 37.5. The van der Waals surface area contributed by atoms with Gasteiger partial charge in [-0.3, -0.25) is 0 Å². The average molecular weight is 842 g/mol. The van der Waals surface area contributed by atoms with E-state index in [1.165, 1.54) is 58.4 Å². The van der Waals surface area contributed by atoms with Crippen LogP contribution in [-0.2, 0) is 52.9 Å². The Balaban J connectivity index is 0.00000486. The minimum atomic E-state index is -2.99. The van der Waals surface area contributed by atoms with Gasteiger partial charge in [-0.15, -0.1) is 0 Å². The molecule has 0 spiro atoms. The van der Waals surface area contributed by atoms with Crippen molar-refractivity contribution in [2.75, 3.05) is 0 Å². The summed E-state index contributed by atoms with van der Waals surface area (Å²) in [6.45, 7) is 48.0. The molecule has 4 rings (SSSR count). The largest absolute Gasteiger partial charge is 1.00 e. The molecule has 1 atom stereocenters. The summed E-state index contributed by atoms with van der Waals surface area (Å²) in [5.41, 5.74) is 10.1. The summed E-state index contributed by atoms with van der Waals surface area (Å²) in [4.78, 5) is 0. The first kappa shape index (κ1) is 51.0. The minimum Gasteiger partial charge on any atom is -1.00 e. The molecule has 5 heteroatoms. The van der Waals surface area contributed by atoms with Crippen LogP contribution in [0.2, 0.25) is 0 Å². The Morgan fingerprint density at radius 2 is 0.611 bits per heavy atom. The van der Waals surface area contributed by atoms with Gasteiger partial charge in [-0.05, 0) is 0 Å². The normalized spacial score (nSPS) is 16.0. The number of hydrogen-bond acceptors (Lipinski definition) is 0. The van der Waals surface area contributed by atoms with Crippen molar-refractivity contribution in [3.8, 4) is 0 Å². The molecule has 0 heterocycles. The van der Waals surface area contributed by atoms with Gasteiger partial charge < -0.3 is 37.2 Å². The molecule has 296 valence electrons. The van der Waals surface area contributed by atoms with E-state index in [4.69, 9.17) is 0 Å². The molecule has 1 aliphatic carbocycles. The second-order valence-corrected chi connectivity index (χ2v) is 26.7. The van der Waals surface area contributed by atoms with Crippen molar-refractivity contribution in [2.24, 2.45) is 5.92 Å². The van der Waals surface area contributed by atoms with E-state index in [0.29, 0.717) is 5.92 Å². The zero-order valence-corrected chi connectivity index (χ0v) is 42.3. The summed E-state index contributed by atoms with van der Waals surface area (Å²) >= 11 is 2.35. The zero-order chi connectivity index (χ0) is 39.1. The van der Waals surface area contributed by atoms with E-state index in [1.807, 2.05) is 0 Å². The van der Waals surface area contributed by atoms with E-state index >= 15 is 0 Å². The van der Waals surface area contributed by atoms with Gasteiger partial charge >= 0.3 is 330 Å². The number of allylic oxidation sites excluding steroid dienone is 4. The van der Waals surface area contributed by atoms with E-state index in [-0.39, 0.29) is 69.7 Å². The minimum absolute atomic E-state index is 0. The number of benzene rings is 3. The van der Waals surface area contributed by atoms with Crippen molar-refractivity contribution < 1.29 is 57.7 Å². The number of rotatable bonds is 4. The first-order chi connectivity index (χ1) is 22.8. The maximum absolute atomic E-state index is 2.99. The van der Waals surface area contributed by atoms with Crippen LogP contribution in [0.5, 0.6) is 0 Å². The van der Waals surface area contributed by atoms with Gasteiger partial charge in [-0.25, -0.2) is 0 Å². The van der Waals surface area contributed by atoms with Crippen LogP contribution in [0.3, 0.4) is 0 Å². The Labute approximate surface area is 364 Å². The number of hydrogen-bond donors (Lipinski definition) is 0. The van der Waals surface area contributed by atoms with Gasteiger partial charge in [0.25, 0.3) is 0 Å². The van der Waals surface area contributed by atoms with E-state index in [0.717, 1.165) is 0 Å². The Morgan fingerprint density at radius 1 is 0.407 bits per heavy atom. The molecule has 0 fully saturated rings. The SMILES string of the molecule is CC1=C([Si](c2cc(C(C)(C)C)cc(C(C)(C)C)c2)(c2cc(C(C)(C)C)cc(C(C)(C)C)c2)c2cc(C(C)(C)C)cc(C(C)(C)C)c2)C(C)C=[C]1[Ti+3].[Cl-].[Cl-].[Cl-]. The van der Waals surface area contributed by atoms with Gasteiger partial charge in [-0.2, -0.15) is 0 Å². The van der Waals surface area contributed by atoms with Gasteiger partial charge in [-0.1, -0.05) is 0 Å². The first-order valence-corrected chi connectivity index (χ1v) is 22.2.